The Morgan fingerprint density at radius 3 is 3.05 bits per heavy atom. The van der Waals surface area contributed by atoms with Crippen molar-refractivity contribution < 1.29 is 9.90 Å². The maximum Gasteiger partial charge on any atom is 0.315 e. The van der Waals surface area contributed by atoms with E-state index in [9.17, 15) is 4.79 Å². The van der Waals surface area contributed by atoms with E-state index in [2.05, 4.69) is 15.6 Å². The number of imidazole rings is 1. The van der Waals surface area contributed by atoms with Gasteiger partial charge in [0.15, 0.2) is 0 Å². The fourth-order valence-corrected chi connectivity index (χ4v) is 2.18. The van der Waals surface area contributed by atoms with Crippen LogP contribution in [0, 0.1) is 0 Å². The summed E-state index contributed by atoms with van der Waals surface area (Å²) in [5.74, 6) is 0. The SMILES string of the molecule is CCC(CCO)NC(=O)NCCc1cn2ccccc2n1. The van der Waals surface area contributed by atoms with Crippen molar-refractivity contribution in [3.63, 3.8) is 0 Å². The monoisotopic (exact) mass is 290 g/mol. The maximum absolute atomic E-state index is 11.7. The molecule has 114 valence electrons. The van der Waals surface area contributed by atoms with Crippen LogP contribution in [0.3, 0.4) is 0 Å². The van der Waals surface area contributed by atoms with Gasteiger partial charge in [0.1, 0.15) is 5.65 Å². The van der Waals surface area contributed by atoms with Crippen LogP contribution in [-0.2, 0) is 6.42 Å². The number of aliphatic hydroxyl groups excluding tert-OH is 1. The van der Waals surface area contributed by atoms with Crippen LogP contribution < -0.4 is 10.6 Å². The molecule has 0 aliphatic carbocycles. The van der Waals surface area contributed by atoms with Gasteiger partial charge in [-0.1, -0.05) is 13.0 Å². The highest BCUT2D eigenvalue weighted by atomic mass is 16.3. The standard InChI is InChI=1S/C15H22N4O2/c1-2-12(7-10-20)18-15(21)16-8-6-13-11-19-9-4-3-5-14(19)17-13/h3-5,9,11-12,20H,2,6-8,10H2,1H3,(H2,16,18,21). The molecule has 2 heterocycles. The fraction of sp³-hybridized carbons (Fsp3) is 0.467. The summed E-state index contributed by atoms with van der Waals surface area (Å²) in [5.41, 5.74) is 1.86. The van der Waals surface area contributed by atoms with Gasteiger partial charge in [0.25, 0.3) is 0 Å². The van der Waals surface area contributed by atoms with E-state index in [-0.39, 0.29) is 18.7 Å². The van der Waals surface area contributed by atoms with E-state index in [1.54, 1.807) is 0 Å². The molecular formula is C15H22N4O2. The molecule has 0 aliphatic heterocycles. The van der Waals surface area contributed by atoms with Crippen molar-refractivity contribution in [3.05, 3.63) is 36.3 Å². The van der Waals surface area contributed by atoms with Crippen LogP contribution in [0.4, 0.5) is 4.79 Å². The predicted molar refractivity (Wildman–Crippen MR) is 81.2 cm³/mol. The molecule has 3 N–H and O–H groups in total. The van der Waals surface area contributed by atoms with E-state index in [0.29, 0.717) is 19.4 Å². The van der Waals surface area contributed by atoms with Crippen molar-refractivity contribution in [3.8, 4) is 0 Å². The first kappa shape index (κ1) is 15.3. The average molecular weight is 290 g/mol. The van der Waals surface area contributed by atoms with Gasteiger partial charge in [-0.2, -0.15) is 0 Å². The highest BCUT2D eigenvalue weighted by Gasteiger charge is 2.09. The Morgan fingerprint density at radius 2 is 2.33 bits per heavy atom. The Labute approximate surface area is 124 Å². The zero-order valence-corrected chi connectivity index (χ0v) is 12.2. The molecule has 1 atom stereocenters. The lowest BCUT2D eigenvalue weighted by Crippen LogP contribution is -2.42. The summed E-state index contributed by atoms with van der Waals surface area (Å²) in [6.07, 6.45) is 5.99. The predicted octanol–water partition coefficient (Wildman–Crippen LogP) is 1.34. The second-order valence-electron chi connectivity index (χ2n) is 4.97. The van der Waals surface area contributed by atoms with E-state index in [4.69, 9.17) is 5.11 Å². The van der Waals surface area contributed by atoms with Gasteiger partial charge in [0.2, 0.25) is 0 Å². The summed E-state index contributed by atoms with van der Waals surface area (Å²) >= 11 is 0. The second-order valence-corrected chi connectivity index (χ2v) is 4.97. The normalized spacial score (nSPS) is 12.3. The molecular weight excluding hydrogens is 268 g/mol. The van der Waals surface area contributed by atoms with E-state index in [1.807, 2.05) is 41.9 Å². The first-order valence-electron chi connectivity index (χ1n) is 7.30. The lowest BCUT2D eigenvalue weighted by molar-refractivity contribution is 0.228. The summed E-state index contributed by atoms with van der Waals surface area (Å²) in [6.45, 7) is 2.60. The minimum Gasteiger partial charge on any atom is -0.396 e. The number of pyridine rings is 1. The molecule has 0 aromatic carbocycles. The Bertz CT molecular complexity index is 549. The van der Waals surface area contributed by atoms with Crippen LogP contribution in [0.2, 0.25) is 0 Å². The Balaban J connectivity index is 1.77. The zero-order chi connectivity index (χ0) is 15.1. The van der Waals surface area contributed by atoms with Crippen molar-refractivity contribution in [2.45, 2.75) is 32.2 Å². The zero-order valence-electron chi connectivity index (χ0n) is 12.2. The summed E-state index contributed by atoms with van der Waals surface area (Å²) in [6, 6.07) is 5.68. The first-order chi connectivity index (χ1) is 10.2. The lowest BCUT2D eigenvalue weighted by atomic mass is 10.2. The smallest absolute Gasteiger partial charge is 0.315 e. The molecule has 0 spiro atoms. The number of hydrogen-bond donors (Lipinski definition) is 3. The first-order valence-corrected chi connectivity index (χ1v) is 7.30. The highest BCUT2D eigenvalue weighted by Crippen LogP contribution is 2.04. The molecule has 6 nitrogen and oxygen atoms in total. The summed E-state index contributed by atoms with van der Waals surface area (Å²) in [5, 5.41) is 14.6. The van der Waals surface area contributed by atoms with Crippen LogP contribution in [0.15, 0.2) is 30.6 Å². The Kier molecular flexibility index (Phi) is 5.57. The number of rotatable bonds is 7. The van der Waals surface area contributed by atoms with Gasteiger partial charge in [-0.25, -0.2) is 9.78 Å². The molecule has 0 radical (unpaired) electrons. The number of fused-ring (bicyclic) bond motifs is 1. The fourth-order valence-electron chi connectivity index (χ4n) is 2.18. The molecule has 6 heteroatoms. The summed E-state index contributed by atoms with van der Waals surface area (Å²) in [7, 11) is 0. The van der Waals surface area contributed by atoms with Crippen molar-refractivity contribution in [2.24, 2.45) is 0 Å². The van der Waals surface area contributed by atoms with Gasteiger partial charge in [-0.05, 0) is 25.0 Å². The molecule has 0 saturated carbocycles. The topological polar surface area (TPSA) is 78.7 Å². The van der Waals surface area contributed by atoms with Crippen molar-refractivity contribution in [1.82, 2.24) is 20.0 Å². The molecule has 0 aliphatic rings. The third kappa shape index (κ3) is 4.46. The molecule has 21 heavy (non-hydrogen) atoms. The molecule has 1 unspecified atom stereocenters. The van der Waals surface area contributed by atoms with Gasteiger partial charge in [-0.3, -0.25) is 0 Å². The third-order valence-electron chi connectivity index (χ3n) is 3.39. The molecule has 2 rings (SSSR count). The van der Waals surface area contributed by atoms with E-state index < -0.39 is 0 Å². The van der Waals surface area contributed by atoms with Crippen LogP contribution in [-0.4, -0.2) is 39.7 Å². The van der Waals surface area contributed by atoms with Crippen LogP contribution in [0.5, 0.6) is 0 Å². The largest absolute Gasteiger partial charge is 0.396 e. The number of nitrogens with one attached hydrogen (secondary N) is 2. The number of carbonyl (C=O) groups is 1. The Hall–Kier alpha value is -2.08. The number of hydrogen-bond acceptors (Lipinski definition) is 3. The van der Waals surface area contributed by atoms with Crippen LogP contribution in [0.25, 0.3) is 5.65 Å². The van der Waals surface area contributed by atoms with E-state index in [1.165, 1.54) is 0 Å². The number of amides is 2. The van der Waals surface area contributed by atoms with E-state index >= 15 is 0 Å². The molecule has 0 saturated heterocycles. The van der Waals surface area contributed by atoms with Crippen molar-refractivity contribution in [1.29, 1.82) is 0 Å². The molecule has 2 amide bonds. The molecule has 2 aromatic heterocycles. The van der Waals surface area contributed by atoms with Crippen LogP contribution >= 0.6 is 0 Å². The Morgan fingerprint density at radius 1 is 1.48 bits per heavy atom. The highest BCUT2D eigenvalue weighted by molar-refractivity contribution is 5.74. The third-order valence-corrected chi connectivity index (χ3v) is 3.39. The second kappa shape index (κ2) is 7.64. The molecule has 0 bridgehead atoms. The summed E-state index contributed by atoms with van der Waals surface area (Å²) in [4.78, 5) is 16.2. The minimum atomic E-state index is -0.195. The lowest BCUT2D eigenvalue weighted by Gasteiger charge is -2.16. The van der Waals surface area contributed by atoms with Gasteiger partial charge in [0, 0.05) is 38.0 Å². The molecule has 2 aromatic rings. The van der Waals surface area contributed by atoms with Crippen molar-refractivity contribution in [2.75, 3.05) is 13.2 Å². The van der Waals surface area contributed by atoms with Crippen LogP contribution in [0.1, 0.15) is 25.5 Å². The summed E-state index contributed by atoms with van der Waals surface area (Å²) < 4.78 is 1.96. The number of urea groups is 1. The quantitative estimate of drug-likeness (QED) is 0.720. The van der Waals surface area contributed by atoms with Crippen molar-refractivity contribution >= 4 is 11.7 Å². The number of carbonyl (C=O) groups excluding carboxylic acids is 1. The number of aromatic nitrogens is 2. The number of nitrogens with zero attached hydrogens (tertiary/aromatic N) is 2. The van der Waals surface area contributed by atoms with E-state index in [0.717, 1.165) is 17.8 Å². The maximum atomic E-state index is 11.7. The van der Waals surface area contributed by atoms with Gasteiger partial charge in [0.05, 0.1) is 5.69 Å². The molecule has 0 fully saturated rings. The van der Waals surface area contributed by atoms with Gasteiger partial charge < -0.3 is 20.1 Å². The van der Waals surface area contributed by atoms with Gasteiger partial charge in [-0.15, -0.1) is 0 Å². The average Bonchev–Trinajstić information content (AvgIpc) is 2.89. The van der Waals surface area contributed by atoms with Gasteiger partial charge >= 0.3 is 6.03 Å². The minimum absolute atomic E-state index is 0.0187. The number of aliphatic hydroxyl groups is 1.